The molecule has 0 aromatic carbocycles. The van der Waals surface area contributed by atoms with Crippen molar-refractivity contribution in [2.24, 2.45) is 0 Å². The molecule has 0 bridgehead atoms. The molecule has 0 unspecified atom stereocenters. The number of nitriles is 1. The summed E-state index contributed by atoms with van der Waals surface area (Å²) in [5.41, 5.74) is 2.42. The first-order chi connectivity index (χ1) is 6.72. The van der Waals surface area contributed by atoms with E-state index in [9.17, 15) is 0 Å². The molecule has 0 saturated carbocycles. The molecule has 0 aliphatic heterocycles. The first kappa shape index (κ1) is 12.4. The van der Waals surface area contributed by atoms with E-state index in [2.05, 4.69) is 11.6 Å². The van der Waals surface area contributed by atoms with Gasteiger partial charge in [-0.3, -0.25) is 0 Å². The quantitative estimate of drug-likeness (QED) is 0.669. The maximum atomic E-state index is 8.56. The predicted octanol–water partition coefficient (Wildman–Crippen LogP) is 3.10. The van der Waals surface area contributed by atoms with Crippen LogP contribution in [-0.2, 0) is 6.42 Å². The van der Waals surface area contributed by atoms with Crippen molar-refractivity contribution in [2.75, 3.05) is 0 Å². The molecule has 0 aliphatic rings. The van der Waals surface area contributed by atoms with Crippen LogP contribution in [0.4, 0.5) is 0 Å². The number of pyridine rings is 1. The summed E-state index contributed by atoms with van der Waals surface area (Å²) in [6, 6.07) is 7.43. The van der Waals surface area contributed by atoms with Gasteiger partial charge < -0.3 is 0 Å². The second-order valence-corrected chi connectivity index (χ2v) is 2.76. The van der Waals surface area contributed by atoms with Crippen LogP contribution in [0, 0.1) is 11.3 Å². The average molecular weight is 188 g/mol. The van der Waals surface area contributed by atoms with Crippen molar-refractivity contribution in [3.8, 4) is 6.07 Å². The molecular weight excluding hydrogens is 172 g/mol. The Bertz CT molecular complexity index is 334. The molecule has 74 valence electrons. The molecule has 0 N–H and O–H groups in total. The van der Waals surface area contributed by atoms with Crippen LogP contribution in [0.1, 0.15) is 32.2 Å². The normalized spacial score (nSPS) is 8.14. The Balaban J connectivity index is 0.000000791. The maximum Gasteiger partial charge on any atom is 0.140 e. The minimum atomic E-state index is 0.466. The highest BCUT2D eigenvalue weighted by Crippen LogP contribution is 2.03. The van der Waals surface area contributed by atoms with E-state index in [0.29, 0.717) is 5.69 Å². The maximum absolute atomic E-state index is 8.56. The third-order valence-corrected chi connectivity index (χ3v) is 1.40. The third-order valence-electron chi connectivity index (χ3n) is 1.40. The molecule has 2 heteroatoms. The van der Waals surface area contributed by atoms with Crippen LogP contribution in [0.5, 0.6) is 0 Å². The van der Waals surface area contributed by atoms with E-state index in [0.717, 1.165) is 17.7 Å². The molecule has 1 heterocycles. The summed E-state index contributed by atoms with van der Waals surface area (Å²) in [7, 11) is 0. The van der Waals surface area contributed by atoms with Gasteiger partial charge in [0.15, 0.2) is 0 Å². The first-order valence-corrected chi connectivity index (χ1v) is 4.73. The van der Waals surface area contributed by atoms with Crippen LogP contribution in [0.2, 0.25) is 0 Å². The fourth-order valence-corrected chi connectivity index (χ4v) is 0.949. The van der Waals surface area contributed by atoms with Crippen LogP contribution >= 0.6 is 0 Å². The molecule has 0 spiro atoms. The van der Waals surface area contributed by atoms with Crippen molar-refractivity contribution < 1.29 is 0 Å². The van der Waals surface area contributed by atoms with Gasteiger partial charge in [-0.2, -0.15) is 5.26 Å². The minimum Gasteiger partial charge on any atom is -0.242 e. The lowest BCUT2D eigenvalue weighted by Gasteiger charge is -1.98. The highest BCUT2D eigenvalue weighted by Gasteiger charge is 1.96. The fraction of sp³-hybridized carbons (Fsp3) is 0.333. The first-order valence-electron chi connectivity index (χ1n) is 4.73. The van der Waals surface area contributed by atoms with Gasteiger partial charge in [0, 0.05) is 12.1 Å². The molecule has 2 nitrogen and oxygen atoms in total. The van der Waals surface area contributed by atoms with Crippen molar-refractivity contribution in [3.63, 3.8) is 0 Å². The van der Waals surface area contributed by atoms with Crippen molar-refractivity contribution in [1.29, 1.82) is 5.26 Å². The lowest BCUT2D eigenvalue weighted by atomic mass is 10.2. The van der Waals surface area contributed by atoms with E-state index in [1.54, 1.807) is 6.07 Å². The number of allylic oxidation sites excluding steroid dienone is 1. The summed E-state index contributed by atoms with van der Waals surface area (Å²) in [6.07, 6.45) is 0.746. The van der Waals surface area contributed by atoms with E-state index in [-0.39, 0.29) is 0 Å². The Labute approximate surface area is 85.9 Å². The van der Waals surface area contributed by atoms with Crippen LogP contribution < -0.4 is 0 Å². The monoisotopic (exact) mass is 188 g/mol. The second-order valence-electron chi connectivity index (χ2n) is 2.76. The Kier molecular flexibility index (Phi) is 6.06. The molecule has 0 aliphatic carbocycles. The standard InChI is InChI=1S/C10H10N2.C2H6/c1-8(2)6-9-4-3-5-10(7-11)12-9;1-2/h3-5H,1,6H2,2H3;1-2H3. The summed E-state index contributed by atoms with van der Waals surface area (Å²) < 4.78 is 0. The van der Waals surface area contributed by atoms with Gasteiger partial charge in [0.1, 0.15) is 11.8 Å². The Morgan fingerprint density at radius 2 is 2.14 bits per heavy atom. The van der Waals surface area contributed by atoms with Crippen LogP contribution in [0.25, 0.3) is 0 Å². The Hall–Kier alpha value is -1.62. The van der Waals surface area contributed by atoms with Crippen LogP contribution in [-0.4, -0.2) is 4.98 Å². The Morgan fingerprint density at radius 3 is 2.64 bits per heavy atom. The van der Waals surface area contributed by atoms with Gasteiger partial charge in [-0.1, -0.05) is 32.1 Å². The van der Waals surface area contributed by atoms with E-state index in [1.165, 1.54) is 0 Å². The number of rotatable bonds is 2. The summed E-state index contributed by atoms with van der Waals surface area (Å²) >= 11 is 0. The van der Waals surface area contributed by atoms with Crippen molar-refractivity contribution in [1.82, 2.24) is 4.98 Å². The Morgan fingerprint density at radius 1 is 1.50 bits per heavy atom. The zero-order valence-electron chi connectivity index (χ0n) is 9.04. The minimum absolute atomic E-state index is 0.466. The SMILES string of the molecule is C=C(C)Cc1cccc(C#N)n1.CC. The molecule has 1 aromatic heterocycles. The van der Waals surface area contributed by atoms with Gasteiger partial charge in [0.2, 0.25) is 0 Å². The molecule has 1 aromatic rings. The largest absolute Gasteiger partial charge is 0.242 e. The molecule has 0 atom stereocenters. The zero-order chi connectivity index (χ0) is 11.0. The van der Waals surface area contributed by atoms with Gasteiger partial charge >= 0.3 is 0 Å². The summed E-state index contributed by atoms with van der Waals surface area (Å²) in [5, 5.41) is 8.56. The zero-order valence-corrected chi connectivity index (χ0v) is 9.04. The smallest absolute Gasteiger partial charge is 0.140 e. The molecule has 0 fully saturated rings. The topological polar surface area (TPSA) is 36.7 Å². The van der Waals surface area contributed by atoms with Gasteiger partial charge in [-0.05, 0) is 19.1 Å². The van der Waals surface area contributed by atoms with Gasteiger partial charge in [0.25, 0.3) is 0 Å². The van der Waals surface area contributed by atoms with E-state index < -0.39 is 0 Å². The molecule has 1 rings (SSSR count). The van der Waals surface area contributed by atoms with Crippen molar-refractivity contribution in [3.05, 3.63) is 41.7 Å². The van der Waals surface area contributed by atoms with Gasteiger partial charge in [-0.15, -0.1) is 0 Å². The molecular formula is C12H16N2. The summed E-state index contributed by atoms with van der Waals surface area (Å²) in [4.78, 5) is 4.11. The number of hydrogen-bond donors (Lipinski definition) is 0. The highest BCUT2D eigenvalue weighted by atomic mass is 14.7. The van der Waals surface area contributed by atoms with Crippen LogP contribution in [0.3, 0.4) is 0 Å². The lowest BCUT2D eigenvalue weighted by molar-refractivity contribution is 1.04. The average Bonchev–Trinajstić information content (AvgIpc) is 2.20. The lowest BCUT2D eigenvalue weighted by Crippen LogP contribution is -1.92. The van der Waals surface area contributed by atoms with Crippen molar-refractivity contribution in [2.45, 2.75) is 27.2 Å². The van der Waals surface area contributed by atoms with Gasteiger partial charge in [-0.25, -0.2) is 4.98 Å². The molecule has 0 saturated heterocycles. The second kappa shape index (κ2) is 6.85. The highest BCUT2D eigenvalue weighted by molar-refractivity contribution is 5.23. The van der Waals surface area contributed by atoms with Crippen molar-refractivity contribution >= 4 is 0 Å². The number of aromatic nitrogens is 1. The summed E-state index contributed by atoms with van der Waals surface area (Å²) in [5.74, 6) is 0. The summed E-state index contributed by atoms with van der Waals surface area (Å²) in [6.45, 7) is 9.73. The fourth-order valence-electron chi connectivity index (χ4n) is 0.949. The number of nitrogens with zero attached hydrogens (tertiary/aromatic N) is 2. The van der Waals surface area contributed by atoms with E-state index in [1.807, 2.05) is 39.0 Å². The molecule has 14 heavy (non-hydrogen) atoms. The van der Waals surface area contributed by atoms with E-state index >= 15 is 0 Å². The van der Waals surface area contributed by atoms with E-state index in [4.69, 9.17) is 5.26 Å². The molecule has 0 amide bonds. The molecule has 0 radical (unpaired) electrons. The third kappa shape index (κ3) is 4.42. The predicted molar refractivity (Wildman–Crippen MR) is 58.8 cm³/mol. The van der Waals surface area contributed by atoms with Crippen LogP contribution in [0.15, 0.2) is 30.4 Å². The number of hydrogen-bond acceptors (Lipinski definition) is 2. The van der Waals surface area contributed by atoms with Gasteiger partial charge in [0.05, 0.1) is 0 Å².